The first-order valence-electron chi connectivity index (χ1n) is 17.0. The van der Waals surface area contributed by atoms with Gasteiger partial charge in [0.05, 0.1) is 0 Å². The number of fused-ring (bicyclic) bond motifs is 1. The predicted octanol–water partition coefficient (Wildman–Crippen LogP) is 10.3. The molecule has 0 saturated carbocycles. The van der Waals surface area contributed by atoms with Gasteiger partial charge in [-0.15, -0.1) is 0 Å². The first-order chi connectivity index (χ1) is 20.6. The number of piperidine rings is 1. The van der Waals surface area contributed by atoms with Crippen LogP contribution in [0.2, 0.25) is 5.02 Å². The summed E-state index contributed by atoms with van der Waals surface area (Å²) in [6.45, 7) is 11.5. The third kappa shape index (κ3) is 10.2. The summed E-state index contributed by atoms with van der Waals surface area (Å²) in [6, 6.07) is 24.8. The Morgan fingerprint density at radius 1 is 0.857 bits per heavy atom. The molecule has 2 unspecified atom stereocenters. The molecule has 0 aromatic heterocycles. The molecule has 42 heavy (non-hydrogen) atoms. The lowest BCUT2D eigenvalue weighted by atomic mass is 9.77. The van der Waals surface area contributed by atoms with E-state index in [1.165, 1.54) is 118 Å². The van der Waals surface area contributed by atoms with Gasteiger partial charge in [0, 0.05) is 23.8 Å². The van der Waals surface area contributed by atoms with Gasteiger partial charge in [0.2, 0.25) is 0 Å². The summed E-state index contributed by atoms with van der Waals surface area (Å²) in [5, 5.41) is 4.52. The topological polar surface area (TPSA) is 15.3 Å². The molecule has 2 atom stereocenters. The average molecular weight is 587 g/mol. The van der Waals surface area contributed by atoms with E-state index in [4.69, 9.17) is 11.6 Å². The quantitative estimate of drug-likeness (QED) is 0.212. The number of hydrogen-bond acceptors (Lipinski definition) is 2. The molecule has 0 radical (unpaired) electrons. The van der Waals surface area contributed by atoms with Gasteiger partial charge in [-0.3, -0.25) is 0 Å². The second kappa shape index (κ2) is 17.7. The molecule has 2 aliphatic rings. The molecule has 2 heterocycles. The third-order valence-electron chi connectivity index (χ3n) is 9.22. The summed E-state index contributed by atoms with van der Waals surface area (Å²) < 4.78 is 0. The Hall–Kier alpha value is -2.29. The largest absolute Gasteiger partial charge is 0.371 e. The van der Waals surface area contributed by atoms with Gasteiger partial charge >= 0.3 is 0 Å². The highest BCUT2D eigenvalue weighted by atomic mass is 35.5. The van der Waals surface area contributed by atoms with E-state index >= 15 is 0 Å². The van der Waals surface area contributed by atoms with Gasteiger partial charge in [-0.2, -0.15) is 0 Å². The van der Waals surface area contributed by atoms with Crippen molar-refractivity contribution in [1.29, 1.82) is 0 Å². The molecule has 1 fully saturated rings. The maximum absolute atomic E-state index is 5.88. The lowest BCUT2D eigenvalue weighted by Gasteiger charge is -2.34. The molecule has 0 spiro atoms. The monoisotopic (exact) mass is 586 g/mol. The highest BCUT2D eigenvalue weighted by molar-refractivity contribution is 6.30. The van der Waals surface area contributed by atoms with Crippen LogP contribution in [0.3, 0.4) is 0 Å². The SMILES string of the molecule is CCCCCCc1cccc(Cl)c1.CCCCCN1CCCc2ccc(CC3CNCCC3c3ccc(C)cc3)cc21. The van der Waals surface area contributed by atoms with Gasteiger partial charge in [0.15, 0.2) is 0 Å². The zero-order chi connectivity index (χ0) is 29.6. The van der Waals surface area contributed by atoms with E-state index in [0.717, 1.165) is 18.1 Å². The maximum Gasteiger partial charge on any atom is 0.0408 e. The van der Waals surface area contributed by atoms with E-state index in [0.29, 0.717) is 11.8 Å². The van der Waals surface area contributed by atoms with Crippen LogP contribution in [0.5, 0.6) is 0 Å². The maximum atomic E-state index is 5.88. The number of aryl methyl sites for hydroxylation is 3. The highest BCUT2D eigenvalue weighted by Crippen LogP contribution is 2.35. The lowest BCUT2D eigenvalue weighted by molar-refractivity contribution is 0.324. The number of rotatable bonds is 12. The van der Waals surface area contributed by atoms with Crippen molar-refractivity contribution in [2.45, 2.75) is 104 Å². The molecule has 228 valence electrons. The van der Waals surface area contributed by atoms with Crippen LogP contribution < -0.4 is 10.2 Å². The summed E-state index contributed by atoms with van der Waals surface area (Å²) >= 11 is 5.88. The Morgan fingerprint density at radius 3 is 2.45 bits per heavy atom. The molecular weight excluding hydrogens is 532 g/mol. The third-order valence-corrected chi connectivity index (χ3v) is 9.45. The van der Waals surface area contributed by atoms with Crippen LogP contribution in [0, 0.1) is 12.8 Å². The van der Waals surface area contributed by atoms with Crippen LogP contribution in [0.4, 0.5) is 5.69 Å². The van der Waals surface area contributed by atoms with Crippen molar-refractivity contribution in [3.8, 4) is 0 Å². The van der Waals surface area contributed by atoms with Crippen LogP contribution in [-0.2, 0) is 19.3 Å². The molecule has 3 aromatic rings. The van der Waals surface area contributed by atoms with Crippen molar-refractivity contribution in [2.24, 2.45) is 5.92 Å². The van der Waals surface area contributed by atoms with E-state index in [1.54, 1.807) is 5.56 Å². The number of halogens is 1. The van der Waals surface area contributed by atoms with Crippen molar-refractivity contribution < 1.29 is 0 Å². The molecule has 3 aromatic carbocycles. The Kier molecular flexibility index (Phi) is 13.8. The molecule has 3 heteroatoms. The number of nitrogens with zero attached hydrogens (tertiary/aromatic N) is 1. The molecule has 0 bridgehead atoms. The molecule has 0 aliphatic carbocycles. The molecule has 0 amide bonds. The van der Waals surface area contributed by atoms with Crippen molar-refractivity contribution in [2.75, 3.05) is 31.1 Å². The minimum absolute atomic E-state index is 0.675. The van der Waals surface area contributed by atoms with Gasteiger partial charge < -0.3 is 10.2 Å². The zero-order valence-electron chi connectivity index (χ0n) is 26.6. The first kappa shape index (κ1) is 32.6. The number of hydrogen-bond donors (Lipinski definition) is 1. The number of anilines is 1. The van der Waals surface area contributed by atoms with Gasteiger partial charge in [0.1, 0.15) is 0 Å². The zero-order valence-corrected chi connectivity index (χ0v) is 27.4. The highest BCUT2D eigenvalue weighted by Gasteiger charge is 2.27. The number of unbranched alkanes of at least 4 members (excludes halogenated alkanes) is 5. The Bertz CT molecular complexity index is 1190. The minimum Gasteiger partial charge on any atom is -0.371 e. The second-order valence-corrected chi connectivity index (χ2v) is 13.1. The Balaban J connectivity index is 0.000000262. The van der Waals surface area contributed by atoms with Gasteiger partial charge in [0.25, 0.3) is 0 Å². The summed E-state index contributed by atoms with van der Waals surface area (Å²) in [6.07, 6.45) is 15.4. The van der Waals surface area contributed by atoms with Crippen LogP contribution in [0.25, 0.3) is 0 Å². The Labute approximate surface area is 262 Å². The van der Waals surface area contributed by atoms with E-state index in [9.17, 15) is 0 Å². The lowest BCUT2D eigenvalue weighted by Crippen LogP contribution is -2.36. The van der Waals surface area contributed by atoms with Crippen LogP contribution in [0.1, 0.15) is 105 Å². The van der Waals surface area contributed by atoms with Crippen molar-refractivity contribution in [1.82, 2.24) is 5.32 Å². The second-order valence-electron chi connectivity index (χ2n) is 12.7. The Morgan fingerprint density at radius 2 is 1.67 bits per heavy atom. The van der Waals surface area contributed by atoms with E-state index in [2.05, 4.69) is 85.6 Å². The molecule has 1 saturated heterocycles. The van der Waals surface area contributed by atoms with Crippen molar-refractivity contribution in [3.05, 3.63) is 99.6 Å². The van der Waals surface area contributed by atoms with Gasteiger partial charge in [-0.1, -0.05) is 112 Å². The van der Waals surface area contributed by atoms with Crippen LogP contribution in [0.15, 0.2) is 66.7 Å². The molecule has 2 nitrogen and oxygen atoms in total. The molecule has 2 aliphatic heterocycles. The molecular formula is C39H55ClN2. The normalized spacial score (nSPS) is 18.2. The fourth-order valence-electron chi connectivity index (χ4n) is 6.75. The average Bonchev–Trinajstić information content (AvgIpc) is 3.01. The first-order valence-corrected chi connectivity index (χ1v) is 17.3. The number of benzene rings is 3. The van der Waals surface area contributed by atoms with Crippen molar-refractivity contribution in [3.63, 3.8) is 0 Å². The molecule has 1 N–H and O–H groups in total. The van der Waals surface area contributed by atoms with Crippen LogP contribution in [-0.4, -0.2) is 26.2 Å². The van der Waals surface area contributed by atoms with Gasteiger partial charge in [-0.25, -0.2) is 0 Å². The minimum atomic E-state index is 0.675. The number of nitrogens with one attached hydrogen (secondary N) is 1. The molecule has 5 rings (SSSR count). The summed E-state index contributed by atoms with van der Waals surface area (Å²) in [7, 11) is 0. The standard InChI is InChI=1S/C27H38N2.C12H17Cl/c1-3-4-5-16-29-17-6-7-24-13-10-22(19-27(24)29)18-25-20-28-15-14-26(25)23-11-8-21(2)9-12-23;1-2-3-4-5-7-11-8-6-9-12(13)10-11/h8-13,19,25-26,28H,3-7,14-18,20H2,1-2H3;6,8-10H,2-5,7H2,1H3. The smallest absolute Gasteiger partial charge is 0.0408 e. The fraction of sp³-hybridized carbons (Fsp3) is 0.538. The van der Waals surface area contributed by atoms with Gasteiger partial charge in [-0.05, 0) is 117 Å². The van der Waals surface area contributed by atoms with Crippen LogP contribution >= 0.6 is 11.6 Å². The summed E-state index contributed by atoms with van der Waals surface area (Å²) in [4.78, 5) is 2.66. The predicted molar refractivity (Wildman–Crippen MR) is 184 cm³/mol. The van der Waals surface area contributed by atoms with E-state index in [1.807, 2.05) is 12.1 Å². The summed E-state index contributed by atoms with van der Waals surface area (Å²) in [5.41, 5.74) is 8.87. The fourth-order valence-corrected chi connectivity index (χ4v) is 6.96. The van der Waals surface area contributed by atoms with Crippen molar-refractivity contribution >= 4 is 17.3 Å². The van der Waals surface area contributed by atoms with E-state index in [-0.39, 0.29) is 0 Å². The van der Waals surface area contributed by atoms with E-state index < -0.39 is 0 Å². The summed E-state index contributed by atoms with van der Waals surface area (Å²) in [5.74, 6) is 1.36.